The van der Waals surface area contributed by atoms with Crippen LogP contribution in [-0.4, -0.2) is 12.9 Å². The van der Waals surface area contributed by atoms with Crippen molar-refractivity contribution in [3.63, 3.8) is 0 Å². The molecule has 0 spiro atoms. The van der Waals surface area contributed by atoms with Gasteiger partial charge in [0.1, 0.15) is 5.75 Å². The lowest BCUT2D eigenvalue weighted by molar-refractivity contribution is 0.0909. The lowest BCUT2D eigenvalue weighted by Crippen LogP contribution is -2.26. The van der Waals surface area contributed by atoms with E-state index < -0.39 is 0 Å². The summed E-state index contributed by atoms with van der Waals surface area (Å²) in [5, 5.41) is 0. The van der Waals surface area contributed by atoms with Crippen molar-refractivity contribution in [1.29, 1.82) is 0 Å². The molecule has 3 heteroatoms. The molecule has 0 saturated carbocycles. The molecular weight excluding hydrogens is 262 g/mol. The third-order valence-corrected chi connectivity index (χ3v) is 3.76. The molecule has 2 N–H and O–H groups in total. The lowest BCUT2D eigenvalue weighted by Gasteiger charge is -2.20. The van der Waals surface area contributed by atoms with Gasteiger partial charge in [-0.2, -0.15) is 0 Å². The Morgan fingerprint density at radius 2 is 1.81 bits per heavy atom. The summed E-state index contributed by atoms with van der Waals surface area (Å²) in [5.41, 5.74) is 8.83. The second-order valence-corrected chi connectivity index (χ2v) is 5.29. The molecule has 0 bridgehead atoms. The summed E-state index contributed by atoms with van der Waals surface area (Å²) in [4.78, 5) is 12.7. The Kier molecular flexibility index (Phi) is 4.76. The molecule has 2 aromatic rings. The number of carbonyl (C=O) groups is 1. The number of Topliss-reactive ketones (excluding diaryl/α,β-unsaturated/α-hetero) is 1. The van der Waals surface area contributed by atoms with Crippen LogP contribution in [0.25, 0.3) is 0 Å². The number of ketones is 1. The van der Waals surface area contributed by atoms with Crippen LogP contribution in [0.3, 0.4) is 0 Å². The SMILES string of the molecule is COc1ccc(C)cc1C(=O)C(C)C(N)c1ccccc1. The standard InChI is InChI=1S/C18H21NO2/c1-12-9-10-16(21-3)15(11-12)18(20)13(2)17(19)14-7-5-4-6-8-14/h4-11,13,17H,19H2,1-3H3. The van der Waals surface area contributed by atoms with E-state index in [1.165, 1.54) is 0 Å². The molecule has 0 saturated heterocycles. The molecule has 2 atom stereocenters. The summed E-state index contributed by atoms with van der Waals surface area (Å²) >= 11 is 0. The zero-order chi connectivity index (χ0) is 15.4. The van der Waals surface area contributed by atoms with Crippen LogP contribution in [0.15, 0.2) is 48.5 Å². The first kappa shape index (κ1) is 15.3. The van der Waals surface area contributed by atoms with E-state index in [2.05, 4.69) is 0 Å². The number of nitrogens with two attached hydrogens (primary N) is 1. The number of methoxy groups -OCH3 is 1. The molecule has 0 aromatic heterocycles. The first-order valence-corrected chi connectivity index (χ1v) is 7.04. The third kappa shape index (κ3) is 3.31. The van der Waals surface area contributed by atoms with Gasteiger partial charge in [0.25, 0.3) is 0 Å². The Morgan fingerprint density at radius 1 is 1.14 bits per heavy atom. The van der Waals surface area contributed by atoms with Gasteiger partial charge in [0, 0.05) is 12.0 Å². The highest BCUT2D eigenvalue weighted by molar-refractivity contribution is 6.00. The highest BCUT2D eigenvalue weighted by Gasteiger charge is 2.25. The molecule has 110 valence electrons. The molecule has 3 nitrogen and oxygen atoms in total. The lowest BCUT2D eigenvalue weighted by atomic mass is 9.88. The Bertz CT molecular complexity index is 622. The van der Waals surface area contributed by atoms with E-state index in [1.807, 2.05) is 62.4 Å². The molecular formula is C18H21NO2. The highest BCUT2D eigenvalue weighted by Crippen LogP contribution is 2.28. The van der Waals surface area contributed by atoms with E-state index in [0.29, 0.717) is 11.3 Å². The van der Waals surface area contributed by atoms with Crippen molar-refractivity contribution in [3.05, 3.63) is 65.2 Å². The van der Waals surface area contributed by atoms with Gasteiger partial charge in [-0.05, 0) is 24.6 Å². The minimum atomic E-state index is -0.330. The van der Waals surface area contributed by atoms with Crippen LogP contribution in [0.1, 0.15) is 34.5 Å². The Balaban J connectivity index is 2.29. The van der Waals surface area contributed by atoms with Gasteiger partial charge in [0.05, 0.1) is 12.7 Å². The van der Waals surface area contributed by atoms with Gasteiger partial charge < -0.3 is 10.5 Å². The van der Waals surface area contributed by atoms with Gasteiger partial charge in [-0.15, -0.1) is 0 Å². The summed E-state index contributed by atoms with van der Waals surface area (Å²) in [6.45, 7) is 3.82. The molecule has 0 aliphatic carbocycles. The number of aryl methyl sites for hydroxylation is 1. The number of hydrogen-bond acceptors (Lipinski definition) is 3. The molecule has 0 aliphatic heterocycles. The quantitative estimate of drug-likeness (QED) is 0.854. The monoisotopic (exact) mass is 283 g/mol. The van der Waals surface area contributed by atoms with Gasteiger partial charge in [-0.1, -0.05) is 48.9 Å². The van der Waals surface area contributed by atoms with Crippen LogP contribution in [0, 0.1) is 12.8 Å². The zero-order valence-corrected chi connectivity index (χ0v) is 12.7. The van der Waals surface area contributed by atoms with Crippen molar-refractivity contribution in [1.82, 2.24) is 0 Å². The summed E-state index contributed by atoms with van der Waals surface area (Å²) in [6.07, 6.45) is 0. The van der Waals surface area contributed by atoms with E-state index in [1.54, 1.807) is 7.11 Å². The summed E-state index contributed by atoms with van der Waals surface area (Å²) in [5.74, 6) is 0.285. The summed E-state index contributed by atoms with van der Waals surface area (Å²) in [6, 6.07) is 15.0. The van der Waals surface area contributed by atoms with E-state index in [0.717, 1.165) is 11.1 Å². The average Bonchev–Trinajstić information content (AvgIpc) is 2.53. The first-order chi connectivity index (χ1) is 10.0. The molecule has 0 aliphatic rings. The number of ether oxygens (including phenoxy) is 1. The van der Waals surface area contributed by atoms with Crippen molar-refractivity contribution in [2.24, 2.45) is 11.7 Å². The zero-order valence-electron chi connectivity index (χ0n) is 12.7. The third-order valence-electron chi connectivity index (χ3n) is 3.76. The molecule has 21 heavy (non-hydrogen) atoms. The molecule has 2 unspecified atom stereocenters. The highest BCUT2D eigenvalue weighted by atomic mass is 16.5. The van der Waals surface area contributed by atoms with Crippen molar-refractivity contribution >= 4 is 5.78 Å². The van der Waals surface area contributed by atoms with Crippen molar-refractivity contribution < 1.29 is 9.53 Å². The second kappa shape index (κ2) is 6.55. The molecule has 2 aromatic carbocycles. The van der Waals surface area contributed by atoms with Gasteiger partial charge in [0.2, 0.25) is 0 Å². The number of carbonyl (C=O) groups excluding carboxylic acids is 1. The van der Waals surface area contributed by atoms with Crippen molar-refractivity contribution in [2.45, 2.75) is 19.9 Å². The second-order valence-electron chi connectivity index (χ2n) is 5.29. The average molecular weight is 283 g/mol. The maximum absolute atomic E-state index is 12.7. The Hall–Kier alpha value is -2.13. The fourth-order valence-corrected chi connectivity index (χ4v) is 2.39. The topological polar surface area (TPSA) is 52.3 Å². The summed E-state index contributed by atoms with van der Waals surface area (Å²) in [7, 11) is 1.57. The maximum Gasteiger partial charge on any atom is 0.171 e. The van der Waals surface area contributed by atoms with E-state index >= 15 is 0 Å². The largest absolute Gasteiger partial charge is 0.496 e. The molecule has 2 rings (SSSR count). The molecule has 0 radical (unpaired) electrons. The number of benzene rings is 2. The Morgan fingerprint density at radius 3 is 2.43 bits per heavy atom. The minimum Gasteiger partial charge on any atom is -0.496 e. The van der Waals surface area contributed by atoms with Gasteiger partial charge in [-0.25, -0.2) is 0 Å². The van der Waals surface area contributed by atoms with Gasteiger partial charge >= 0.3 is 0 Å². The number of rotatable bonds is 5. The van der Waals surface area contributed by atoms with E-state index in [-0.39, 0.29) is 17.7 Å². The van der Waals surface area contributed by atoms with Crippen LogP contribution in [-0.2, 0) is 0 Å². The maximum atomic E-state index is 12.7. The van der Waals surface area contributed by atoms with Crippen LogP contribution in [0.2, 0.25) is 0 Å². The van der Waals surface area contributed by atoms with E-state index in [9.17, 15) is 4.79 Å². The molecule has 0 amide bonds. The first-order valence-electron chi connectivity index (χ1n) is 7.04. The fraction of sp³-hybridized carbons (Fsp3) is 0.278. The normalized spacial score (nSPS) is 13.5. The fourth-order valence-electron chi connectivity index (χ4n) is 2.39. The van der Waals surface area contributed by atoms with Crippen molar-refractivity contribution in [2.75, 3.05) is 7.11 Å². The van der Waals surface area contributed by atoms with Crippen LogP contribution in [0.5, 0.6) is 5.75 Å². The molecule has 0 heterocycles. The predicted molar refractivity (Wildman–Crippen MR) is 84.6 cm³/mol. The number of hydrogen-bond donors (Lipinski definition) is 1. The van der Waals surface area contributed by atoms with Crippen LogP contribution >= 0.6 is 0 Å². The van der Waals surface area contributed by atoms with Crippen molar-refractivity contribution in [3.8, 4) is 5.75 Å². The van der Waals surface area contributed by atoms with Crippen LogP contribution in [0.4, 0.5) is 0 Å². The molecule has 0 fully saturated rings. The van der Waals surface area contributed by atoms with Gasteiger partial charge in [-0.3, -0.25) is 4.79 Å². The smallest absolute Gasteiger partial charge is 0.171 e. The van der Waals surface area contributed by atoms with Gasteiger partial charge in [0.15, 0.2) is 5.78 Å². The minimum absolute atomic E-state index is 0.00639. The predicted octanol–water partition coefficient (Wildman–Crippen LogP) is 3.52. The summed E-state index contributed by atoms with van der Waals surface area (Å²) < 4.78 is 5.30. The van der Waals surface area contributed by atoms with Crippen LogP contribution < -0.4 is 10.5 Å². The Labute approximate surface area is 125 Å². The van der Waals surface area contributed by atoms with E-state index in [4.69, 9.17) is 10.5 Å².